The van der Waals surface area contributed by atoms with E-state index in [0.717, 1.165) is 62.1 Å². The maximum absolute atomic E-state index is 13.0. The van der Waals surface area contributed by atoms with Gasteiger partial charge in [0.15, 0.2) is 0 Å². The van der Waals surface area contributed by atoms with E-state index in [2.05, 4.69) is 16.8 Å². The Morgan fingerprint density at radius 2 is 1.73 bits per heavy atom. The number of piperidine rings is 1. The Morgan fingerprint density at radius 1 is 1.00 bits per heavy atom. The standard InChI is InChI=1S/C27H34N4O2/c1-21-15-18-30(19-16-21)27(33)20-31-24-11-6-5-10-23(24)29-25(31)12-7-17-28-26(32)14-13-22-8-3-2-4-9-22/h2-6,8-11,21H,7,12-20H2,1H3,(H,28,32). The van der Waals surface area contributed by atoms with E-state index in [9.17, 15) is 9.59 Å². The van der Waals surface area contributed by atoms with Crippen LogP contribution in [-0.4, -0.2) is 45.9 Å². The Balaban J connectivity index is 1.31. The quantitative estimate of drug-likeness (QED) is 0.506. The van der Waals surface area contributed by atoms with Crippen molar-refractivity contribution in [2.45, 2.75) is 52.0 Å². The topological polar surface area (TPSA) is 67.2 Å². The molecule has 0 saturated carbocycles. The average Bonchev–Trinajstić information content (AvgIpc) is 3.18. The number of benzene rings is 2. The van der Waals surface area contributed by atoms with Gasteiger partial charge in [-0.1, -0.05) is 49.4 Å². The third kappa shape index (κ3) is 6.21. The van der Waals surface area contributed by atoms with Crippen LogP contribution in [-0.2, 0) is 29.0 Å². The van der Waals surface area contributed by atoms with Gasteiger partial charge in [0.05, 0.1) is 11.0 Å². The molecule has 0 bridgehead atoms. The highest BCUT2D eigenvalue weighted by Crippen LogP contribution is 2.20. The molecule has 0 spiro atoms. The molecule has 6 nitrogen and oxygen atoms in total. The maximum Gasteiger partial charge on any atom is 0.242 e. The van der Waals surface area contributed by atoms with E-state index in [0.29, 0.717) is 25.4 Å². The number of imidazole rings is 1. The Labute approximate surface area is 196 Å². The second-order valence-electron chi connectivity index (χ2n) is 9.11. The van der Waals surface area contributed by atoms with Gasteiger partial charge >= 0.3 is 0 Å². The second-order valence-corrected chi connectivity index (χ2v) is 9.11. The van der Waals surface area contributed by atoms with Crippen LogP contribution >= 0.6 is 0 Å². The molecule has 6 heteroatoms. The van der Waals surface area contributed by atoms with Crippen LogP contribution in [0.4, 0.5) is 0 Å². The van der Waals surface area contributed by atoms with Crippen LogP contribution in [0.3, 0.4) is 0 Å². The summed E-state index contributed by atoms with van der Waals surface area (Å²) >= 11 is 0. The van der Waals surface area contributed by atoms with E-state index in [1.807, 2.05) is 59.5 Å². The summed E-state index contributed by atoms with van der Waals surface area (Å²) in [5.74, 6) is 1.84. The minimum Gasteiger partial charge on any atom is -0.356 e. The molecule has 3 aromatic rings. The fraction of sp³-hybridized carbons (Fsp3) is 0.444. The molecule has 1 aliphatic rings. The fourth-order valence-electron chi connectivity index (χ4n) is 4.45. The van der Waals surface area contributed by atoms with Gasteiger partial charge in [0, 0.05) is 32.5 Å². The lowest BCUT2D eigenvalue weighted by atomic mass is 9.99. The highest BCUT2D eigenvalue weighted by molar-refractivity contribution is 5.81. The number of carbonyl (C=O) groups excluding carboxylic acids is 2. The molecule has 2 aromatic carbocycles. The predicted molar refractivity (Wildman–Crippen MR) is 131 cm³/mol. The fourth-order valence-corrected chi connectivity index (χ4v) is 4.45. The molecule has 0 atom stereocenters. The third-order valence-electron chi connectivity index (χ3n) is 6.55. The lowest BCUT2D eigenvalue weighted by Gasteiger charge is -2.30. The molecular formula is C27H34N4O2. The maximum atomic E-state index is 13.0. The molecular weight excluding hydrogens is 412 g/mol. The van der Waals surface area contributed by atoms with Gasteiger partial charge in [0.1, 0.15) is 12.4 Å². The molecule has 1 fully saturated rings. The summed E-state index contributed by atoms with van der Waals surface area (Å²) in [7, 11) is 0. The second kappa shape index (κ2) is 11.1. The van der Waals surface area contributed by atoms with E-state index in [-0.39, 0.29) is 11.8 Å². The monoisotopic (exact) mass is 446 g/mol. The van der Waals surface area contributed by atoms with Crippen molar-refractivity contribution < 1.29 is 9.59 Å². The van der Waals surface area contributed by atoms with Crippen molar-refractivity contribution in [3.63, 3.8) is 0 Å². The van der Waals surface area contributed by atoms with Crippen LogP contribution in [0, 0.1) is 5.92 Å². The van der Waals surface area contributed by atoms with Crippen LogP contribution in [0.15, 0.2) is 54.6 Å². The number of carbonyl (C=O) groups is 2. The smallest absolute Gasteiger partial charge is 0.242 e. The zero-order valence-electron chi connectivity index (χ0n) is 19.5. The number of hydrogen-bond acceptors (Lipinski definition) is 3. The summed E-state index contributed by atoms with van der Waals surface area (Å²) < 4.78 is 2.06. The minimum atomic E-state index is 0.0712. The van der Waals surface area contributed by atoms with Crippen LogP contribution in [0.1, 0.15) is 44.0 Å². The van der Waals surface area contributed by atoms with Gasteiger partial charge in [-0.2, -0.15) is 0 Å². The van der Waals surface area contributed by atoms with Crippen molar-refractivity contribution in [2.24, 2.45) is 5.92 Å². The van der Waals surface area contributed by atoms with Crippen molar-refractivity contribution >= 4 is 22.8 Å². The Morgan fingerprint density at radius 3 is 2.52 bits per heavy atom. The highest BCUT2D eigenvalue weighted by Gasteiger charge is 2.22. The number of nitrogens with one attached hydrogen (secondary N) is 1. The summed E-state index contributed by atoms with van der Waals surface area (Å²) in [4.78, 5) is 32.0. The van der Waals surface area contributed by atoms with Gasteiger partial charge < -0.3 is 14.8 Å². The number of hydrogen-bond donors (Lipinski definition) is 1. The number of amides is 2. The first kappa shape index (κ1) is 23.0. The van der Waals surface area contributed by atoms with Crippen molar-refractivity contribution in [2.75, 3.05) is 19.6 Å². The Hall–Kier alpha value is -3.15. The summed E-state index contributed by atoms with van der Waals surface area (Å²) in [5.41, 5.74) is 3.09. The van der Waals surface area contributed by atoms with E-state index < -0.39 is 0 Å². The molecule has 0 unspecified atom stereocenters. The third-order valence-corrected chi connectivity index (χ3v) is 6.55. The van der Waals surface area contributed by atoms with Crippen LogP contribution < -0.4 is 5.32 Å². The van der Waals surface area contributed by atoms with Crippen molar-refractivity contribution in [1.82, 2.24) is 19.8 Å². The molecule has 0 radical (unpaired) electrons. The normalized spacial score (nSPS) is 14.5. The molecule has 1 N–H and O–H groups in total. The Bertz CT molecular complexity index is 1070. The molecule has 1 aliphatic heterocycles. The number of fused-ring (bicyclic) bond motifs is 1. The molecule has 174 valence electrons. The number of para-hydroxylation sites is 2. The molecule has 0 aliphatic carbocycles. The minimum absolute atomic E-state index is 0.0712. The summed E-state index contributed by atoms with van der Waals surface area (Å²) in [6.45, 7) is 4.88. The van der Waals surface area contributed by atoms with Gasteiger partial charge in [0.2, 0.25) is 11.8 Å². The van der Waals surface area contributed by atoms with E-state index >= 15 is 0 Å². The van der Waals surface area contributed by atoms with Gasteiger partial charge in [-0.25, -0.2) is 4.98 Å². The Kier molecular flexibility index (Phi) is 7.76. The highest BCUT2D eigenvalue weighted by atomic mass is 16.2. The van der Waals surface area contributed by atoms with Crippen LogP contribution in [0.5, 0.6) is 0 Å². The first-order valence-electron chi connectivity index (χ1n) is 12.1. The van der Waals surface area contributed by atoms with E-state index in [1.54, 1.807) is 0 Å². The van der Waals surface area contributed by atoms with Crippen LogP contribution in [0.2, 0.25) is 0 Å². The first-order chi connectivity index (χ1) is 16.1. The molecule has 4 rings (SSSR count). The zero-order valence-corrected chi connectivity index (χ0v) is 19.5. The molecule has 1 aromatic heterocycles. The number of likely N-dealkylation sites (tertiary alicyclic amines) is 1. The van der Waals surface area contributed by atoms with Crippen molar-refractivity contribution in [3.05, 3.63) is 66.0 Å². The average molecular weight is 447 g/mol. The summed E-state index contributed by atoms with van der Waals surface area (Å²) in [6.07, 6.45) is 4.90. The van der Waals surface area contributed by atoms with E-state index in [1.165, 1.54) is 5.56 Å². The lowest BCUT2D eigenvalue weighted by Crippen LogP contribution is -2.40. The predicted octanol–water partition coefficient (Wildman–Crippen LogP) is 3.98. The largest absolute Gasteiger partial charge is 0.356 e. The van der Waals surface area contributed by atoms with E-state index in [4.69, 9.17) is 4.98 Å². The SMILES string of the molecule is CC1CCN(C(=O)Cn2c(CCCNC(=O)CCc3ccccc3)nc3ccccc32)CC1. The summed E-state index contributed by atoms with van der Waals surface area (Å²) in [6, 6.07) is 18.1. The number of aryl methyl sites for hydroxylation is 2. The number of rotatable bonds is 9. The number of aromatic nitrogens is 2. The molecule has 33 heavy (non-hydrogen) atoms. The first-order valence-corrected chi connectivity index (χ1v) is 12.1. The lowest BCUT2D eigenvalue weighted by molar-refractivity contribution is -0.133. The molecule has 2 amide bonds. The van der Waals surface area contributed by atoms with Crippen LogP contribution in [0.25, 0.3) is 11.0 Å². The van der Waals surface area contributed by atoms with Gasteiger partial charge in [0.25, 0.3) is 0 Å². The molecule has 2 heterocycles. The van der Waals surface area contributed by atoms with Gasteiger partial charge in [-0.3, -0.25) is 9.59 Å². The van der Waals surface area contributed by atoms with Gasteiger partial charge in [-0.15, -0.1) is 0 Å². The van der Waals surface area contributed by atoms with Gasteiger partial charge in [-0.05, 0) is 49.3 Å². The van der Waals surface area contributed by atoms with Crippen molar-refractivity contribution in [1.29, 1.82) is 0 Å². The summed E-state index contributed by atoms with van der Waals surface area (Å²) in [5, 5.41) is 3.02. The van der Waals surface area contributed by atoms with Crippen molar-refractivity contribution in [3.8, 4) is 0 Å². The number of nitrogens with zero attached hydrogens (tertiary/aromatic N) is 3. The molecule has 1 saturated heterocycles. The zero-order chi connectivity index (χ0) is 23.0.